The van der Waals surface area contributed by atoms with Crippen LogP contribution in [0.25, 0.3) is 0 Å². The average molecular weight is 190 g/mol. The molecule has 76 valence electrons. The van der Waals surface area contributed by atoms with E-state index < -0.39 is 0 Å². The van der Waals surface area contributed by atoms with E-state index in [1.807, 2.05) is 12.1 Å². The molecule has 0 aliphatic carbocycles. The zero-order chi connectivity index (χ0) is 10.8. The van der Waals surface area contributed by atoms with E-state index in [0.29, 0.717) is 5.75 Å². The van der Waals surface area contributed by atoms with Crippen LogP contribution in [0.1, 0.15) is 31.9 Å². The first kappa shape index (κ1) is 10.8. The molecular weight excluding hydrogens is 172 g/mol. The molecule has 0 saturated heterocycles. The second-order valence-electron chi connectivity index (χ2n) is 4.55. The normalized spacial score (nSPS) is 11.4. The molecule has 0 amide bonds. The van der Waals surface area contributed by atoms with Crippen LogP contribution in [0.3, 0.4) is 0 Å². The first-order valence-electron chi connectivity index (χ1n) is 4.89. The maximum absolute atomic E-state index is 9.74. The van der Waals surface area contributed by atoms with Gasteiger partial charge in [0.2, 0.25) is 0 Å². The van der Waals surface area contributed by atoms with Crippen LogP contribution in [0, 0.1) is 0 Å². The summed E-state index contributed by atoms with van der Waals surface area (Å²) in [4.78, 5) is 0. The van der Waals surface area contributed by atoms with Gasteiger partial charge in [0.05, 0.1) is 0 Å². The Morgan fingerprint density at radius 1 is 1.36 bits per heavy atom. The van der Waals surface area contributed by atoms with E-state index in [9.17, 15) is 5.11 Å². The standard InChI is InChI=1S/C13H18O/c1-5-7-10-11(13(2,3)4)8-6-9-12(10)14/h5-6,8-9,14H,1,7H2,2-4H3. The number of phenolic OH excluding ortho intramolecular Hbond substituents is 1. The van der Waals surface area contributed by atoms with E-state index in [1.54, 1.807) is 6.07 Å². The predicted octanol–water partition coefficient (Wildman–Crippen LogP) is 3.42. The summed E-state index contributed by atoms with van der Waals surface area (Å²) >= 11 is 0. The van der Waals surface area contributed by atoms with Crippen molar-refractivity contribution >= 4 is 0 Å². The number of hydrogen-bond acceptors (Lipinski definition) is 1. The number of phenols is 1. The Kier molecular flexibility index (Phi) is 3.00. The number of hydrogen-bond donors (Lipinski definition) is 1. The van der Waals surface area contributed by atoms with Gasteiger partial charge in [0.15, 0.2) is 0 Å². The molecule has 0 atom stereocenters. The fraction of sp³-hybridized carbons (Fsp3) is 0.385. The van der Waals surface area contributed by atoms with Crippen molar-refractivity contribution in [3.05, 3.63) is 42.0 Å². The number of allylic oxidation sites excluding steroid dienone is 1. The van der Waals surface area contributed by atoms with Gasteiger partial charge < -0.3 is 5.11 Å². The van der Waals surface area contributed by atoms with Crippen molar-refractivity contribution in [3.63, 3.8) is 0 Å². The Balaban J connectivity index is 3.28. The van der Waals surface area contributed by atoms with Crippen LogP contribution in [0.5, 0.6) is 5.75 Å². The minimum Gasteiger partial charge on any atom is -0.508 e. The van der Waals surface area contributed by atoms with Gasteiger partial charge in [-0.3, -0.25) is 0 Å². The largest absolute Gasteiger partial charge is 0.508 e. The summed E-state index contributed by atoms with van der Waals surface area (Å²) < 4.78 is 0. The molecule has 0 aliphatic heterocycles. The van der Waals surface area contributed by atoms with Gasteiger partial charge in [-0.05, 0) is 23.5 Å². The van der Waals surface area contributed by atoms with E-state index in [4.69, 9.17) is 0 Å². The van der Waals surface area contributed by atoms with Crippen molar-refractivity contribution in [2.75, 3.05) is 0 Å². The summed E-state index contributed by atoms with van der Waals surface area (Å²) in [5.41, 5.74) is 2.25. The summed E-state index contributed by atoms with van der Waals surface area (Å²) in [5.74, 6) is 0.373. The molecule has 1 aromatic carbocycles. The first-order chi connectivity index (χ1) is 6.46. The van der Waals surface area contributed by atoms with E-state index in [0.717, 1.165) is 12.0 Å². The van der Waals surface area contributed by atoms with Crippen LogP contribution in [0.4, 0.5) is 0 Å². The van der Waals surface area contributed by atoms with E-state index in [1.165, 1.54) is 5.56 Å². The monoisotopic (exact) mass is 190 g/mol. The van der Waals surface area contributed by atoms with Gasteiger partial charge >= 0.3 is 0 Å². The molecule has 0 heterocycles. The number of rotatable bonds is 2. The lowest BCUT2D eigenvalue weighted by molar-refractivity contribution is 0.464. The van der Waals surface area contributed by atoms with Crippen LogP contribution in [0.15, 0.2) is 30.9 Å². The van der Waals surface area contributed by atoms with Crippen LogP contribution >= 0.6 is 0 Å². The third-order valence-electron chi connectivity index (χ3n) is 2.31. The van der Waals surface area contributed by atoms with Gasteiger partial charge in [0.1, 0.15) is 5.75 Å². The molecule has 0 unspecified atom stereocenters. The molecule has 0 saturated carbocycles. The quantitative estimate of drug-likeness (QED) is 0.708. The molecular formula is C13H18O. The summed E-state index contributed by atoms with van der Waals surface area (Å²) in [5, 5.41) is 9.74. The van der Waals surface area contributed by atoms with Crippen molar-refractivity contribution in [2.24, 2.45) is 0 Å². The van der Waals surface area contributed by atoms with E-state index in [2.05, 4.69) is 33.4 Å². The number of benzene rings is 1. The molecule has 0 aliphatic rings. The van der Waals surface area contributed by atoms with Crippen LogP contribution < -0.4 is 0 Å². The molecule has 1 N–H and O–H groups in total. The molecule has 1 heteroatoms. The van der Waals surface area contributed by atoms with Crippen LogP contribution in [-0.4, -0.2) is 5.11 Å². The summed E-state index contributed by atoms with van der Waals surface area (Å²) in [6.45, 7) is 10.2. The van der Waals surface area contributed by atoms with Gasteiger partial charge in [-0.2, -0.15) is 0 Å². The van der Waals surface area contributed by atoms with Gasteiger partial charge in [-0.1, -0.05) is 39.0 Å². The molecule has 0 fully saturated rings. The van der Waals surface area contributed by atoms with Crippen LogP contribution in [0.2, 0.25) is 0 Å². The zero-order valence-corrected chi connectivity index (χ0v) is 9.17. The average Bonchev–Trinajstić information content (AvgIpc) is 2.07. The van der Waals surface area contributed by atoms with Crippen molar-refractivity contribution in [2.45, 2.75) is 32.6 Å². The van der Waals surface area contributed by atoms with Gasteiger partial charge in [-0.25, -0.2) is 0 Å². The SMILES string of the molecule is C=CCc1c(O)cccc1C(C)(C)C. The highest BCUT2D eigenvalue weighted by atomic mass is 16.3. The second-order valence-corrected chi connectivity index (χ2v) is 4.55. The van der Waals surface area contributed by atoms with Crippen molar-refractivity contribution < 1.29 is 5.11 Å². The van der Waals surface area contributed by atoms with Gasteiger partial charge in [-0.15, -0.1) is 6.58 Å². The van der Waals surface area contributed by atoms with Crippen molar-refractivity contribution in [3.8, 4) is 5.75 Å². The van der Waals surface area contributed by atoms with E-state index >= 15 is 0 Å². The third-order valence-corrected chi connectivity index (χ3v) is 2.31. The molecule has 1 rings (SSSR count). The first-order valence-corrected chi connectivity index (χ1v) is 4.89. The van der Waals surface area contributed by atoms with Gasteiger partial charge in [0, 0.05) is 5.56 Å². The summed E-state index contributed by atoms with van der Waals surface area (Å²) in [7, 11) is 0. The maximum Gasteiger partial charge on any atom is 0.119 e. The minimum absolute atomic E-state index is 0.0666. The molecule has 0 bridgehead atoms. The Labute approximate surface area is 86.1 Å². The van der Waals surface area contributed by atoms with Crippen molar-refractivity contribution in [1.82, 2.24) is 0 Å². The molecule has 1 nitrogen and oxygen atoms in total. The van der Waals surface area contributed by atoms with E-state index in [-0.39, 0.29) is 5.41 Å². The molecule has 1 aromatic rings. The highest BCUT2D eigenvalue weighted by Gasteiger charge is 2.18. The topological polar surface area (TPSA) is 20.2 Å². The highest BCUT2D eigenvalue weighted by molar-refractivity contribution is 5.43. The number of aromatic hydroxyl groups is 1. The molecule has 0 aromatic heterocycles. The zero-order valence-electron chi connectivity index (χ0n) is 9.17. The Hall–Kier alpha value is -1.24. The molecule has 0 spiro atoms. The minimum atomic E-state index is 0.0666. The fourth-order valence-electron chi connectivity index (χ4n) is 1.64. The molecule has 0 radical (unpaired) electrons. The highest BCUT2D eigenvalue weighted by Crippen LogP contribution is 2.31. The second kappa shape index (κ2) is 3.87. The Morgan fingerprint density at radius 3 is 2.50 bits per heavy atom. The summed E-state index contributed by atoms with van der Waals surface area (Å²) in [6, 6.07) is 5.69. The Morgan fingerprint density at radius 2 is 2.00 bits per heavy atom. The van der Waals surface area contributed by atoms with Crippen molar-refractivity contribution in [1.29, 1.82) is 0 Å². The fourth-order valence-corrected chi connectivity index (χ4v) is 1.64. The third kappa shape index (κ3) is 2.16. The summed E-state index contributed by atoms with van der Waals surface area (Å²) in [6.07, 6.45) is 2.55. The van der Waals surface area contributed by atoms with Gasteiger partial charge in [0.25, 0.3) is 0 Å². The maximum atomic E-state index is 9.74. The lowest BCUT2D eigenvalue weighted by Gasteiger charge is -2.23. The lowest BCUT2D eigenvalue weighted by atomic mass is 9.82. The Bertz CT molecular complexity index is 332. The smallest absolute Gasteiger partial charge is 0.119 e. The lowest BCUT2D eigenvalue weighted by Crippen LogP contribution is -2.14. The molecule has 14 heavy (non-hydrogen) atoms. The van der Waals surface area contributed by atoms with Crippen LogP contribution in [-0.2, 0) is 11.8 Å². The predicted molar refractivity (Wildman–Crippen MR) is 60.7 cm³/mol.